The molecule has 1 heterocycles. The summed E-state index contributed by atoms with van der Waals surface area (Å²) in [6.45, 7) is 0. The Hall–Kier alpha value is -2.17. The largest absolute Gasteiger partial charge is 0.341 e. The molecule has 0 radical (unpaired) electrons. The van der Waals surface area contributed by atoms with E-state index in [1.165, 1.54) is 10.2 Å². The number of nitrogens with one attached hydrogen (secondary N) is 1. The lowest BCUT2D eigenvalue weighted by molar-refractivity contribution is 0.0818. The van der Waals surface area contributed by atoms with E-state index in [0.29, 0.717) is 5.69 Å². The van der Waals surface area contributed by atoms with E-state index in [2.05, 4.69) is 27.8 Å². The average Bonchev–Trinajstić information content (AvgIpc) is 2.81. The highest BCUT2D eigenvalue weighted by Crippen LogP contribution is 2.41. The van der Waals surface area contributed by atoms with Crippen LogP contribution >= 0.6 is 0 Å². The van der Waals surface area contributed by atoms with Crippen LogP contribution in [0.15, 0.2) is 36.5 Å². The van der Waals surface area contributed by atoms with Crippen LogP contribution in [0.3, 0.4) is 0 Å². The molecule has 0 aliphatic heterocycles. The summed E-state index contributed by atoms with van der Waals surface area (Å²) in [4.78, 5) is 12.2. The Bertz CT molecular complexity index is 587. The minimum atomic E-state index is -0.226. The van der Waals surface area contributed by atoms with Gasteiger partial charge in [-0.1, -0.05) is 35.5 Å². The first kappa shape index (κ1) is 11.9. The lowest BCUT2D eigenvalue weighted by Crippen LogP contribution is -2.50. The fourth-order valence-corrected chi connectivity index (χ4v) is 2.51. The Morgan fingerprint density at radius 2 is 2.05 bits per heavy atom. The topological polar surface area (TPSA) is 59.8 Å². The van der Waals surface area contributed by atoms with E-state index in [1.807, 2.05) is 18.2 Å². The summed E-state index contributed by atoms with van der Waals surface area (Å²) in [5, 5.41) is 10.8. The van der Waals surface area contributed by atoms with Crippen molar-refractivity contribution in [2.24, 2.45) is 7.05 Å². The number of rotatable bonds is 3. The highest BCUT2D eigenvalue weighted by molar-refractivity contribution is 5.92. The van der Waals surface area contributed by atoms with Gasteiger partial charge in [0.25, 0.3) is 5.91 Å². The summed E-state index contributed by atoms with van der Waals surface area (Å²) in [6.07, 6.45) is 4.72. The van der Waals surface area contributed by atoms with Crippen LogP contribution < -0.4 is 5.32 Å². The molecular weight excluding hydrogens is 240 g/mol. The van der Waals surface area contributed by atoms with Crippen LogP contribution in [0.2, 0.25) is 0 Å². The third kappa shape index (κ3) is 2.12. The fourth-order valence-electron chi connectivity index (χ4n) is 2.51. The number of aryl methyl sites for hydroxylation is 1. The van der Waals surface area contributed by atoms with Crippen molar-refractivity contribution in [2.45, 2.75) is 24.8 Å². The first-order valence-corrected chi connectivity index (χ1v) is 6.44. The molecular formula is C14H16N4O. The molecule has 1 fully saturated rings. The molecule has 0 spiro atoms. The molecule has 1 aliphatic carbocycles. The molecule has 19 heavy (non-hydrogen) atoms. The van der Waals surface area contributed by atoms with Crippen molar-refractivity contribution >= 4 is 5.91 Å². The zero-order valence-electron chi connectivity index (χ0n) is 10.8. The monoisotopic (exact) mass is 256 g/mol. The van der Waals surface area contributed by atoms with Gasteiger partial charge in [0.2, 0.25) is 0 Å². The first-order valence-electron chi connectivity index (χ1n) is 6.44. The van der Waals surface area contributed by atoms with Crippen molar-refractivity contribution in [1.29, 1.82) is 0 Å². The molecule has 1 N–H and O–H groups in total. The summed E-state index contributed by atoms with van der Waals surface area (Å²) >= 11 is 0. The Morgan fingerprint density at radius 3 is 2.58 bits per heavy atom. The predicted octanol–water partition coefficient (Wildman–Crippen LogP) is 1.62. The first-order chi connectivity index (χ1) is 9.20. The molecule has 0 bridgehead atoms. The van der Waals surface area contributed by atoms with Gasteiger partial charge in [-0.25, -0.2) is 0 Å². The van der Waals surface area contributed by atoms with Gasteiger partial charge < -0.3 is 5.32 Å². The Balaban J connectivity index is 1.82. The molecule has 5 heteroatoms. The maximum Gasteiger partial charge on any atom is 0.274 e. The highest BCUT2D eigenvalue weighted by Gasteiger charge is 2.40. The zero-order valence-corrected chi connectivity index (χ0v) is 10.8. The summed E-state index contributed by atoms with van der Waals surface area (Å²) in [5.74, 6) is -0.156. The lowest BCUT2D eigenvalue weighted by atomic mass is 9.71. The second-order valence-corrected chi connectivity index (χ2v) is 5.03. The standard InChI is InChI=1S/C14H16N4O/c1-18-10-12(16-17-18)13(19)15-14(8-5-9-14)11-6-3-2-4-7-11/h2-4,6-7,10H,5,8-9H2,1H3,(H,15,19). The van der Waals surface area contributed by atoms with Gasteiger partial charge in [0.05, 0.1) is 11.7 Å². The van der Waals surface area contributed by atoms with Crippen LogP contribution in [0.5, 0.6) is 0 Å². The van der Waals surface area contributed by atoms with E-state index in [1.54, 1.807) is 13.2 Å². The number of hydrogen-bond acceptors (Lipinski definition) is 3. The molecule has 1 aromatic heterocycles. The van der Waals surface area contributed by atoms with Gasteiger partial charge in [-0.05, 0) is 24.8 Å². The van der Waals surface area contributed by atoms with Gasteiger partial charge in [-0.2, -0.15) is 0 Å². The lowest BCUT2D eigenvalue weighted by Gasteiger charge is -2.43. The van der Waals surface area contributed by atoms with Crippen molar-refractivity contribution < 1.29 is 4.79 Å². The van der Waals surface area contributed by atoms with Gasteiger partial charge in [0.1, 0.15) is 0 Å². The molecule has 2 aromatic rings. The number of carbonyl (C=O) groups excluding carboxylic acids is 1. The van der Waals surface area contributed by atoms with Crippen molar-refractivity contribution in [3.05, 3.63) is 47.8 Å². The molecule has 0 unspecified atom stereocenters. The second kappa shape index (κ2) is 4.50. The third-order valence-electron chi connectivity index (χ3n) is 3.72. The minimum Gasteiger partial charge on any atom is -0.341 e. The number of carbonyl (C=O) groups is 1. The van der Waals surface area contributed by atoms with Crippen molar-refractivity contribution in [3.8, 4) is 0 Å². The molecule has 0 atom stereocenters. The van der Waals surface area contributed by atoms with E-state index in [0.717, 1.165) is 19.3 Å². The van der Waals surface area contributed by atoms with Crippen LogP contribution in [0.25, 0.3) is 0 Å². The number of amides is 1. The molecule has 1 aliphatic rings. The van der Waals surface area contributed by atoms with Gasteiger partial charge in [-0.15, -0.1) is 5.10 Å². The van der Waals surface area contributed by atoms with Gasteiger partial charge >= 0.3 is 0 Å². The van der Waals surface area contributed by atoms with Crippen molar-refractivity contribution in [2.75, 3.05) is 0 Å². The Labute approximate surface area is 111 Å². The van der Waals surface area contributed by atoms with Crippen LogP contribution in [0.4, 0.5) is 0 Å². The Morgan fingerprint density at radius 1 is 1.32 bits per heavy atom. The highest BCUT2D eigenvalue weighted by atomic mass is 16.2. The maximum absolute atomic E-state index is 12.2. The fraction of sp³-hybridized carbons (Fsp3) is 0.357. The number of benzene rings is 1. The van der Waals surface area contributed by atoms with E-state index in [-0.39, 0.29) is 11.4 Å². The third-order valence-corrected chi connectivity index (χ3v) is 3.72. The van der Waals surface area contributed by atoms with Gasteiger partial charge in [0.15, 0.2) is 5.69 Å². The maximum atomic E-state index is 12.2. The van der Waals surface area contributed by atoms with Crippen molar-refractivity contribution in [1.82, 2.24) is 20.3 Å². The van der Waals surface area contributed by atoms with Gasteiger partial charge in [0, 0.05) is 7.05 Å². The van der Waals surface area contributed by atoms with Crippen LogP contribution in [-0.2, 0) is 12.6 Å². The van der Waals surface area contributed by atoms with Crippen LogP contribution in [-0.4, -0.2) is 20.9 Å². The zero-order chi connectivity index (χ0) is 13.3. The molecule has 98 valence electrons. The number of nitrogens with zero attached hydrogens (tertiary/aromatic N) is 3. The van der Waals surface area contributed by atoms with E-state index in [9.17, 15) is 4.79 Å². The van der Waals surface area contributed by atoms with Crippen molar-refractivity contribution in [3.63, 3.8) is 0 Å². The Kier molecular flexibility index (Phi) is 2.81. The van der Waals surface area contributed by atoms with Gasteiger partial charge in [-0.3, -0.25) is 9.48 Å². The smallest absolute Gasteiger partial charge is 0.274 e. The second-order valence-electron chi connectivity index (χ2n) is 5.03. The molecule has 0 saturated heterocycles. The molecule has 1 amide bonds. The normalized spacial score (nSPS) is 16.7. The van der Waals surface area contributed by atoms with Crippen LogP contribution in [0, 0.1) is 0 Å². The summed E-state index contributed by atoms with van der Waals surface area (Å²) < 4.78 is 1.53. The van der Waals surface area contributed by atoms with Crippen LogP contribution in [0.1, 0.15) is 35.3 Å². The molecule has 1 saturated carbocycles. The summed E-state index contributed by atoms with van der Waals surface area (Å²) in [5.41, 5.74) is 1.30. The minimum absolute atomic E-state index is 0.156. The molecule has 5 nitrogen and oxygen atoms in total. The predicted molar refractivity (Wildman–Crippen MR) is 70.4 cm³/mol. The summed E-state index contributed by atoms with van der Waals surface area (Å²) in [6, 6.07) is 10.1. The molecule has 1 aromatic carbocycles. The van der Waals surface area contributed by atoms with E-state index >= 15 is 0 Å². The quantitative estimate of drug-likeness (QED) is 0.908. The summed E-state index contributed by atoms with van der Waals surface area (Å²) in [7, 11) is 1.75. The molecule has 3 rings (SSSR count). The number of hydrogen-bond donors (Lipinski definition) is 1. The number of aromatic nitrogens is 3. The van der Waals surface area contributed by atoms with E-state index in [4.69, 9.17) is 0 Å². The van der Waals surface area contributed by atoms with E-state index < -0.39 is 0 Å². The SMILES string of the molecule is Cn1cc(C(=O)NC2(c3ccccc3)CCC2)nn1. The average molecular weight is 256 g/mol.